The molecule has 0 atom stereocenters. The summed E-state index contributed by atoms with van der Waals surface area (Å²) in [7, 11) is 0. The van der Waals surface area contributed by atoms with E-state index in [0.717, 1.165) is 10.9 Å². The van der Waals surface area contributed by atoms with Gasteiger partial charge in [0.25, 0.3) is 0 Å². The van der Waals surface area contributed by atoms with Crippen molar-refractivity contribution in [2.24, 2.45) is 0 Å². The largest absolute Gasteiger partial charge is 0.443 e. The van der Waals surface area contributed by atoms with Crippen LogP contribution in [0, 0.1) is 17.1 Å². The van der Waals surface area contributed by atoms with Gasteiger partial charge in [-0.3, -0.25) is 4.90 Å². The van der Waals surface area contributed by atoms with Gasteiger partial charge in [0.2, 0.25) is 5.95 Å². The van der Waals surface area contributed by atoms with Crippen LogP contribution in [-0.4, -0.2) is 33.2 Å². The molecule has 0 radical (unpaired) electrons. The van der Waals surface area contributed by atoms with Gasteiger partial charge in [0.15, 0.2) is 0 Å². The number of carbonyl (C=O) groups is 1. The monoisotopic (exact) mass is 498 g/mol. The molecule has 37 heavy (non-hydrogen) atoms. The van der Waals surface area contributed by atoms with E-state index in [9.17, 15) is 14.4 Å². The first-order valence-corrected chi connectivity index (χ1v) is 11.9. The number of amides is 1. The normalized spacial score (nSPS) is 14.4. The molecule has 2 aromatic carbocycles. The molecule has 188 valence electrons. The number of hydrogen-bond acceptors (Lipinski definition) is 6. The Morgan fingerprint density at radius 1 is 1.24 bits per heavy atom. The molecule has 0 unspecified atom stereocenters. The maximum atomic E-state index is 14.1. The van der Waals surface area contributed by atoms with Crippen LogP contribution < -0.4 is 10.2 Å². The van der Waals surface area contributed by atoms with Crippen molar-refractivity contribution in [3.05, 3.63) is 65.7 Å². The lowest BCUT2D eigenvalue weighted by molar-refractivity contribution is 0.0579. The van der Waals surface area contributed by atoms with Crippen LogP contribution in [0.4, 0.5) is 26.5 Å². The minimum atomic E-state index is -0.658. The Kier molecular flexibility index (Phi) is 5.63. The third-order valence-electron chi connectivity index (χ3n) is 6.23. The van der Waals surface area contributed by atoms with Crippen LogP contribution in [0.2, 0.25) is 0 Å². The van der Waals surface area contributed by atoms with Gasteiger partial charge in [-0.15, -0.1) is 0 Å². The molecule has 0 spiro atoms. The molecule has 0 saturated carbocycles. The fourth-order valence-electron chi connectivity index (χ4n) is 4.64. The number of fused-ring (bicyclic) bond motifs is 2. The van der Waals surface area contributed by atoms with Crippen LogP contribution in [0.1, 0.15) is 45.7 Å². The average Bonchev–Trinajstić information content (AvgIpc) is 3.40. The van der Waals surface area contributed by atoms with E-state index in [2.05, 4.69) is 26.3 Å². The molecule has 9 heteroatoms. The maximum absolute atomic E-state index is 14.1. The van der Waals surface area contributed by atoms with Crippen LogP contribution in [0.3, 0.4) is 0 Å². The molecular formula is C28H27FN6O2. The first-order chi connectivity index (χ1) is 17.4. The van der Waals surface area contributed by atoms with Gasteiger partial charge in [0.1, 0.15) is 17.5 Å². The average molecular weight is 499 g/mol. The summed E-state index contributed by atoms with van der Waals surface area (Å²) in [5.74, 6) is -0.0955. The molecule has 1 aliphatic heterocycles. The lowest BCUT2D eigenvalue weighted by atomic mass is 9.85. The maximum Gasteiger partial charge on any atom is 0.414 e. The predicted molar refractivity (Wildman–Crippen MR) is 140 cm³/mol. The van der Waals surface area contributed by atoms with E-state index in [1.54, 1.807) is 29.4 Å². The molecular weight excluding hydrogens is 471 g/mol. The van der Waals surface area contributed by atoms with Crippen molar-refractivity contribution in [3.8, 4) is 17.3 Å². The smallest absolute Gasteiger partial charge is 0.414 e. The van der Waals surface area contributed by atoms with E-state index in [-0.39, 0.29) is 5.82 Å². The minimum absolute atomic E-state index is 0.291. The summed E-state index contributed by atoms with van der Waals surface area (Å²) in [4.78, 5) is 26.5. The third kappa shape index (κ3) is 4.58. The zero-order valence-electron chi connectivity index (χ0n) is 21.3. The molecule has 1 amide bonds. The second-order valence-electron chi connectivity index (χ2n) is 10.8. The molecule has 2 aromatic heterocycles. The van der Waals surface area contributed by atoms with Crippen LogP contribution in [0.5, 0.6) is 0 Å². The number of aromatic amines is 1. The highest BCUT2D eigenvalue weighted by Gasteiger charge is 2.42. The first-order valence-electron chi connectivity index (χ1n) is 11.9. The van der Waals surface area contributed by atoms with Crippen molar-refractivity contribution in [1.29, 1.82) is 5.26 Å². The molecule has 8 nitrogen and oxygen atoms in total. The van der Waals surface area contributed by atoms with Gasteiger partial charge in [-0.2, -0.15) is 5.26 Å². The summed E-state index contributed by atoms with van der Waals surface area (Å²) in [6.45, 7) is 9.88. The van der Waals surface area contributed by atoms with E-state index in [1.807, 2.05) is 46.8 Å². The van der Waals surface area contributed by atoms with Gasteiger partial charge in [0.05, 0.1) is 28.1 Å². The highest BCUT2D eigenvalue weighted by Crippen LogP contribution is 2.45. The van der Waals surface area contributed by atoms with Gasteiger partial charge < -0.3 is 15.0 Å². The summed E-state index contributed by atoms with van der Waals surface area (Å²) < 4.78 is 19.7. The Morgan fingerprint density at radius 2 is 2.03 bits per heavy atom. The van der Waals surface area contributed by atoms with Gasteiger partial charge in [-0.25, -0.2) is 19.2 Å². The highest BCUT2D eigenvalue weighted by atomic mass is 19.1. The Bertz CT molecular complexity index is 1580. The molecule has 4 aromatic rings. The Labute approximate surface area is 214 Å². The minimum Gasteiger partial charge on any atom is -0.443 e. The lowest BCUT2D eigenvalue weighted by Gasteiger charge is -2.26. The van der Waals surface area contributed by atoms with Gasteiger partial charge in [-0.1, -0.05) is 13.8 Å². The van der Waals surface area contributed by atoms with Gasteiger partial charge in [-0.05, 0) is 62.7 Å². The van der Waals surface area contributed by atoms with Gasteiger partial charge in [0, 0.05) is 35.3 Å². The highest BCUT2D eigenvalue weighted by molar-refractivity contribution is 5.95. The Hall–Kier alpha value is -4.45. The second kappa shape index (κ2) is 8.59. The molecule has 5 rings (SSSR count). The van der Waals surface area contributed by atoms with Crippen LogP contribution in [0.15, 0.2) is 48.8 Å². The number of rotatable bonds is 3. The quantitative estimate of drug-likeness (QED) is 0.338. The number of benzene rings is 2. The van der Waals surface area contributed by atoms with Crippen molar-refractivity contribution in [3.63, 3.8) is 0 Å². The standard InChI is InChI=1S/C28H27FN6O2/c1-27(2,3)37-26(36)35-15-28(4,5)20-11-16(10-17(14-30)24(20)35)21-7-9-32-25(33-21)34-23-13-18(29)12-22-19(23)6-8-31-22/h6-13,31H,15H2,1-5H3,(H,32,33,34). The molecule has 0 saturated heterocycles. The van der Waals surface area contributed by atoms with E-state index in [0.29, 0.717) is 46.2 Å². The molecule has 0 bridgehead atoms. The third-order valence-corrected chi connectivity index (χ3v) is 6.23. The first kappa shape index (κ1) is 24.3. The summed E-state index contributed by atoms with van der Waals surface area (Å²) in [6.07, 6.45) is 2.86. The van der Waals surface area contributed by atoms with E-state index in [1.165, 1.54) is 12.1 Å². The van der Waals surface area contributed by atoms with E-state index < -0.39 is 17.1 Å². The number of hydrogen-bond donors (Lipinski definition) is 2. The number of nitrogens with one attached hydrogen (secondary N) is 2. The molecule has 0 fully saturated rings. The topological polar surface area (TPSA) is 107 Å². The Balaban J connectivity index is 1.54. The summed E-state index contributed by atoms with van der Waals surface area (Å²) in [6, 6.07) is 12.3. The van der Waals surface area contributed by atoms with Crippen molar-refractivity contribution < 1.29 is 13.9 Å². The number of anilines is 3. The Morgan fingerprint density at radius 3 is 2.76 bits per heavy atom. The summed E-state index contributed by atoms with van der Waals surface area (Å²) in [5, 5.41) is 13.9. The summed E-state index contributed by atoms with van der Waals surface area (Å²) >= 11 is 0. The SMILES string of the molecule is CC(C)(C)OC(=O)N1CC(C)(C)c2cc(-c3ccnc(Nc4cc(F)cc5[nH]ccc45)n3)cc(C#N)c21. The van der Waals surface area contributed by atoms with Crippen LogP contribution in [-0.2, 0) is 10.2 Å². The van der Waals surface area contributed by atoms with Crippen LogP contribution >= 0.6 is 0 Å². The molecule has 1 aliphatic rings. The number of H-pyrrole nitrogens is 1. The van der Waals surface area contributed by atoms with Crippen molar-refractivity contribution >= 4 is 34.3 Å². The zero-order chi connectivity index (χ0) is 26.5. The van der Waals surface area contributed by atoms with Crippen molar-refractivity contribution in [2.75, 3.05) is 16.8 Å². The zero-order valence-corrected chi connectivity index (χ0v) is 21.3. The summed E-state index contributed by atoms with van der Waals surface area (Å²) in [5.41, 5.74) is 3.21. The lowest BCUT2D eigenvalue weighted by Crippen LogP contribution is -2.38. The van der Waals surface area contributed by atoms with E-state index >= 15 is 0 Å². The molecule has 0 aliphatic carbocycles. The van der Waals surface area contributed by atoms with Crippen molar-refractivity contribution in [2.45, 2.75) is 45.6 Å². The van der Waals surface area contributed by atoms with Crippen molar-refractivity contribution in [1.82, 2.24) is 15.0 Å². The number of carbonyl (C=O) groups excluding carboxylic acids is 1. The number of nitriles is 1. The number of ether oxygens (including phenoxy) is 1. The number of halogens is 1. The van der Waals surface area contributed by atoms with E-state index in [4.69, 9.17) is 4.74 Å². The number of nitrogens with zero attached hydrogens (tertiary/aromatic N) is 4. The second-order valence-corrected chi connectivity index (χ2v) is 10.8. The molecule has 2 N–H and O–H groups in total. The predicted octanol–water partition coefficient (Wildman–Crippen LogP) is 6.41. The van der Waals surface area contributed by atoms with Crippen LogP contribution in [0.25, 0.3) is 22.2 Å². The fourth-order valence-corrected chi connectivity index (χ4v) is 4.64. The fraction of sp³-hybridized carbons (Fsp3) is 0.286. The number of aromatic nitrogens is 3. The molecule has 3 heterocycles. The van der Waals surface area contributed by atoms with Gasteiger partial charge >= 0.3 is 6.09 Å².